The van der Waals surface area contributed by atoms with Crippen LogP contribution in [0.2, 0.25) is 0 Å². The zero-order valence-electron chi connectivity index (χ0n) is 13.6. The largest absolute Gasteiger partial charge is 0.466 e. The zero-order valence-corrected chi connectivity index (χ0v) is 13.6. The zero-order chi connectivity index (χ0) is 16.1. The maximum absolute atomic E-state index is 11.8. The summed E-state index contributed by atoms with van der Waals surface area (Å²) in [6.45, 7) is 12.7. The van der Waals surface area contributed by atoms with Crippen molar-refractivity contribution >= 4 is 5.97 Å². The highest BCUT2D eigenvalue weighted by atomic mass is 17.2. The lowest BCUT2D eigenvalue weighted by Crippen LogP contribution is -2.34. The van der Waals surface area contributed by atoms with Gasteiger partial charge in [0.25, 0.3) is 0 Å². The number of rotatable bonds is 13. The van der Waals surface area contributed by atoms with Gasteiger partial charge in [0.15, 0.2) is 0 Å². The van der Waals surface area contributed by atoms with Crippen LogP contribution in [0.5, 0.6) is 0 Å². The van der Waals surface area contributed by atoms with Gasteiger partial charge in [-0.2, -0.15) is 0 Å². The highest BCUT2D eigenvalue weighted by molar-refractivity contribution is 5.76. The van der Waals surface area contributed by atoms with Gasteiger partial charge in [-0.15, -0.1) is 0 Å². The number of esters is 1. The third-order valence-corrected chi connectivity index (χ3v) is 2.85. The smallest absolute Gasteiger partial charge is 0.314 e. The lowest BCUT2D eigenvalue weighted by molar-refractivity contribution is -0.320. The third-order valence-electron chi connectivity index (χ3n) is 2.85. The molecule has 0 aliphatic heterocycles. The molecule has 6 nitrogen and oxygen atoms in total. The maximum atomic E-state index is 11.8. The first-order valence-corrected chi connectivity index (χ1v) is 7.26. The second-order valence-electron chi connectivity index (χ2n) is 5.11. The number of carbonyl (C=O) groups is 1. The summed E-state index contributed by atoms with van der Waals surface area (Å²) in [5.74, 6) is -0.271. The monoisotopic (exact) mass is 304 g/mol. The first-order valence-electron chi connectivity index (χ1n) is 7.26. The molecule has 21 heavy (non-hydrogen) atoms. The quantitative estimate of drug-likeness (QED) is 0.171. The van der Waals surface area contributed by atoms with E-state index in [9.17, 15) is 4.79 Å². The number of hydrogen-bond donors (Lipinski definition) is 0. The summed E-state index contributed by atoms with van der Waals surface area (Å²) in [6, 6.07) is 0. The average molecular weight is 304 g/mol. The van der Waals surface area contributed by atoms with Crippen LogP contribution in [0.1, 0.15) is 40.5 Å². The van der Waals surface area contributed by atoms with E-state index in [2.05, 4.69) is 6.58 Å². The molecule has 0 N–H and O–H groups in total. The van der Waals surface area contributed by atoms with Gasteiger partial charge in [0.05, 0.1) is 31.8 Å². The maximum Gasteiger partial charge on any atom is 0.314 e. The summed E-state index contributed by atoms with van der Waals surface area (Å²) < 4.78 is 5.02. The first-order chi connectivity index (χ1) is 9.96. The van der Waals surface area contributed by atoms with Gasteiger partial charge in [0.1, 0.15) is 6.61 Å². The molecule has 0 aromatic heterocycles. The molecule has 0 aromatic rings. The number of ether oxygens (including phenoxy) is 1. The van der Waals surface area contributed by atoms with Gasteiger partial charge >= 0.3 is 5.97 Å². The molecule has 0 amide bonds. The SMILES string of the molecule is C=C(C)COOCCCOOCC(C)(CC)C(=O)OCC. The molecule has 1 unspecified atom stereocenters. The van der Waals surface area contributed by atoms with Gasteiger partial charge in [-0.1, -0.05) is 19.1 Å². The molecule has 0 spiro atoms. The second-order valence-corrected chi connectivity index (χ2v) is 5.11. The summed E-state index contributed by atoms with van der Waals surface area (Å²) in [5.41, 5.74) is 0.212. The molecule has 0 saturated carbocycles. The summed E-state index contributed by atoms with van der Waals surface area (Å²) in [5, 5.41) is 0. The van der Waals surface area contributed by atoms with Gasteiger partial charge in [0.2, 0.25) is 0 Å². The molecule has 0 radical (unpaired) electrons. The molecule has 124 valence electrons. The molecule has 0 heterocycles. The number of carbonyl (C=O) groups excluding carboxylic acids is 1. The standard InChI is InChI=1S/C15H28O6/c1-6-15(5,14(16)17-7-2)12-21-19-10-8-9-18-20-11-13(3)4/h3,6-12H2,1-2,4-5H3. The van der Waals surface area contributed by atoms with Gasteiger partial charge in [-0.3, -0.25) is 4.79 Å². The Balaban J connectivity index is 3.64. The number of hydrogen-bond acceptors (Lipinski definition) is 6. The van der Waals surface area contributed by atoms with Crippen molar-refractivity contribution in [2.24, 2.45) is 5.41 Å². The van der Waals surface area contributed by atoms with E-state index in [-0.39, 0.29) is 12.6 Å². The molecule has 0 saturated heterocycles. The highest BCUT2D eigenvalue weighted by Gasteiger charge is 2.33. The van der Waals surface area contributed by atoms with Crippen LogP contribution in [0.3, 0.4) is 0 Å². The molecule has 0 rings (SSSR count). The van der Waals surface area contributed by atoms with Crippen LogP contribution in [-0.2, 0) is 29.1 Å². The van der Waals surface area contributed by atoms with Crippen molar-refractivity contribution < 1.29 is 29.1 Å². The van der Waals surface area contributed by atoms with E-state index in [0.29, 0.717) is 39.3 Å². The van der Waals surface area contributed by atoms with Gasteiger partial charge < -0.3 is 4.74 Å². The van der Waals surface area contributed by atoms with Gasteiger partial charge in [-0.25, -0.2) is 19.6 Å². The minimum absolute atomic E-state index is 0.162. The molecule has 0 bridgehead atoms. The Morgan fingerprint density at radius 3 is 2.24 bits per heavy atom. The van der Waals surface area contributed by atoms with Crippen molar-refractivity contribution in [3.05, 3.63) is 12.2 Å². The average Bonchev–Trinajstić information content (AvgIpc) is 2.45. The van der Waals surface area contributed by atoms with Crippen molar-refractivity contribution in [3.8, 4) is 0 Å². The summed E-state index contributed by atoms with van der Waals surface area (Å²) in [4.78, 5) is 31.7. The van der Waals surface area contributed by atoms with Gasteiger partial charge in [-0.05, 0) is 27.2 Å². The van der Waals surface area contributed by atoms with E-state index in [1.54, 1.807) is 13.8 Å². The van der Waals surface area contributed by atoms with Crippen molar-refractivity contribution in [2.75, 3.05) is 33.0 Å². The Kier molecular flexibility index (Phi) is 11.2. The molecular formula is C15H28O6. The van der Waals surface area contributed by atoms with Crippen molar-refractivity contribution in [1.82, 2.24) is 0 Å². The Bertz CT molecular complexity index is 305. The lowest BCUT2D eigenvalue weighted by Gasteiger charge is -2.24. The Morgan fingerprint density at radius 1 is 1.10 bits per heavy atom. The molecule has 0 aliphatic rings. The van der Waals surface area contributed by atoms with Crippen LogP contribution in [-0.4, -0.2) is 39.0 Å². The predicted octanol–water partition coefficient (Wildman–Crippen LogP) is 2.83. The molecule has 6 heteroatoms. The van der Waals surface area contributed by atoms with E-state index in [1.165, 1.54) is 0 Å². The molecule has 0 aromatic carbocycles. The minimum atomic E-state index is -0.683. The molecule has 0 aliphatic carbocycles. The summed E-state index contributed by atoms with van der Waals surface area (Å²) >= 11 is 0. The molecular weight excluding hydrogens is 276 g/mol. The van der Waals surface area contributed by atoms with Crippen LogP contribution in [0.15, 0.2) is 12.2 Å². The minimum Gasteiger partial charge on any atom is -0.466 e. The Morgan fingerprint density at radius 2 is 1.71 bits per heavy atom. The van der Waals surface area contributed by atoms with E-state index in [1.807, 2.05) is 13.8 Å². The first kappa shape index (κ1) is 20.1. The Hall–Kier alpha value is -0.950. The highest BCUT2D eigenvalue weighted by Crippen LogP contribution is 2.23. The molecule has 1 atom stereocenters. The van der Waals surface area contributed by atoms with Gasteiger partial charge in [0, 0.05) is 6.42 Å². The van der Waals surface area contributed by atoms with Crippen LogP contribution >= 0.6 is 0 Å². The summed E-state index contributed by atoms with van der Waals surface area (Å²) in [7, 11) is 0. The fourth-order valence-electron chi connectivity index (χ4n) is 1.22. The summed E-state index contributed by atoms with van der Waals surface area (Å²) in [6.07, 6.45) is 1.24. The van der Waals surface area contributed by atoms with Crippen LogP contribution in [0, 0.1) is 5.41 Å². The van der Waals surface area contributed by atoms with Crippen molar-refractivity contribution in [2.45, 2.75) is 40.5 Å². The molecule has 0 fully saturated rings. The third kappa shape index (κ3) is 9.57. The fourth-order valence-corrected chi connectivity index (χ4v) is 1.22. The normalized spacial score (nSPS) is 13.7. The topological polar surface area (TPSA) is 63.2 Å². The van der Waals surface area contributed by atoms with E-state index in [0.717, 1.165) is 5.57 Å². The van der Waals surface area contributed by atoms with Crippen LogP contribution in [0.25, 0.3) is 0 Å². The van der Waals surface area contributed by atoms with E-state index >= 15 is 0 Å². The van der Waals surface area contributed by atoms with Crippen LogP contribution in [0.4, 0.5) is 0 Å². The second kappa shape index (κ2) is 11.7. The van der Waals surface area contributed by atoms with Crippen molar-refractivity contribution in [3.63, 3.8) is 0 Å². The van der Waals surface area contributed by atoms with E-state index < -0.39 is 5.41 Å². The van der Waals surface area contributed by atoms with Crippen LogP contribution < -0.4 is 0 Å². The predicted molar refractivity (Wildman–Crippen MR) is 78.3 cm³/mol. The Labute approximate surface area is 127 Å². The fraction of sp³-hybridized carbons (Fsp3) is 0.800. The van der Waals surface area contributed by atoms with Crippen molar-refractivity contribution in [1.29, 1.82) is 0 Å². The van der Waals surface area contributed by atoms with E-state index in [4.69, 9.17) is 24.3 Å². The lowest BCUT2D eigenvalue weighted by atomic mass is 9.89.